The summed E-state index contributed by atoms with van der Waals surface area (Å²) >= 11 is 0. The molecule has 2 aromatic rings. The van der Waals surface area contributed by atoms with Gasteiger partial charge in [-0.25, -0.2) is 0 Å². The first-order valence-electron chi connectivity index (χ1n) is 11.7. The number of benzene rings is 2. The normalized spacial score (nSPS) is 20.5. The number of carboxylic acids is 1. The fraction of sp³-hybridized carbons (Fsp3) is 0.423. The van der Waals surface area contributed by atoms with Gasteiger partial charge >= 0.3 is 5.97 Å². The molecule has 2 unspecified atom stereocenters. The average molecular weight is 450 g/mol. The molecule has 4 rings (SSSR count). The standard InChI is InChI=1S/C26H31N3O4/c1-2-23-20(16-25(30)31)6-5-19-15-21(7-10-24(19)23)26(32)28-22-8-3-18(4-9-22)17-27-29-11-13-33-14-12-29/h3-4,7-10,15,17,20,23H,2,5-6,11-14,16H2,1H3,(H,28,32)(H,30,31). The van der Waals surface area contributed by atoms with Crippen molar-refractivity contribution < 1.29 is 19.4 Å². The number of hydrazone groups is 1. The van der Waals surface area contributed by atoms with Crippen molar-refractivity contribution in [3.63, 3.8) is 0 Å². The maximum Gasteiger partial charge on any atom is 0.303 e. The van der Waals surface area contributed by atoms with Gasteiger partial charge in [-0.2, -0.15) is 5.10 Å². The number of anilines is 1. The zero-order valence-electron chi connectivity index (χ0n) is 19.0. The molecule has 1 aliphatic heterocycles. The number of amides is 1. The van der Waals surface area contributed by atoms with Crippen LogP contribution in [0, 0.1) is 5.92 Å². The Kier molecular flexibility index (Phi) is 7.40. The SMILES string of the molecule is CCC1c2ccc(C(=O)Nc3ccc(C=NN4CCOCC4)cc3)cc2CCC1CC(=O)O. The summed E-state index contributed by atoms with van der Waals surface area (Å²) in [6.07, 6.45) is 4.58. The van der Waals surface area contributed by atoms with Gasteiger partial charge < -0.3 is 15.2 Å². The molecule has 1 saturated heterocycles. The molecule has 174 valence electrons. The van der Waals surface area contributed by atoms with Crippen LogP contribution >= 0.6 is 0 Å². The summed E-state index contributed by atoms with van der Waals surface area (Å²) in [6, 6.07) is 13.4. The Morgan fingerprint density at radius 2 is 1.94 bits per heavy atom. The Hall–Kier alpha value is -3.19. The number of carboxylic acid groups (broad SMARTS) is 1. The first kappa shape index (κ1) is 23.0. The maximum atomic E-state index is 12.8. The van der Waals surface area contributed by atoms with Crippen molar-refractivity contribution in [3.8, 4) is 0 Å². The van der Waals surface area contributed by atoms with Crippen molar-refractivity contribution >= 4 is 23.8 Å². The number of fused-ring (bicyclic) bond motifs is 1. The smallest absolute Gasteiger partial charge is 0.303 e. The van der Waals surface area contributed by atoms with E-state index in [0.29, 0.717) is 18.8 Å². The van der Waals surface area contributed by atoms with Crippen LogP contribution in [0.25, 0.3) is 0 Å². The van der Waals surface area contributed by atoms with Crippen molar-refractivity contribution in [2.45, 2.75) is 38.5 Å². The van der Waals surface area contributed by atoms with E-state index in [1.165, 1.54) is 5.56 Å². The molecule has 33 heavy (non-hydrogen) atoms. The van der Waals surface area contributed by atoms with E-state index < -0.39 is 5.97 Å². The third-order valence-electron chi connectivity index (χ3n) is 6.56. The van der Waals surface area contributed by atoms with Crippen molar-refractivity contribution in [1.29, 1.82) is 0 Å². The van der Waals surface area contributed by atoms with Crippen LogP contribution in [0.1, 0.15) is 59.2 Å². The van der Waals surface area contributed by atoms with Crippen molar-refractivity contribution in [2.24, 2.45) is 11.0 Å². The number of aliphatic carboxylic acids is 1. The topological polar surface area (TPSA) is 91.2 Å². The van der Waals surface area contributed by atoms with Crippen molar-refractivity contribution in [1.82, 2.24) is 5.01 Å². The van der Waals surface area contributed by atoms with Crippen LogP contribution in [0.3, 0.4) is 0 Å². The molecule has 2 aliphatic rings. The monoisotopic (exact) mass is 449 g/mol. The number of hydrogen-bond acceptors (Lipinski definition) is 5. The van der Waals surface area contributed by atoms with E-state index in [2.05, 4.69) is 17.3 Å². The molecule has 0 saturated carbocycles. The third-order valence-corrected chi connectivity index (χ3v) is 6.56. The highest BCUT2D eigenvalue weighted by atomic mass is 16.5. The van der Waals surface area contributed by atoms with E-state index in [9.17, 15) is 14.7 Å². The Morgan fingerprint density at radius 1 is 1.18 bits per heavy atom. The second-order valence-corrected chi connectivity index (χ2v) is 8.71. The van der Waals surface area contributed by atoms with E-state index in [0.717, 1.165) is 49.2 Å². The van der Waals surface area contributed by atoms with Gasteiger partial charge in [0.1, 0.15) is 0 Å². The lowest BCUT2D eigenvalue weighted by molar-refractivity contribution is -0.138. The summed E-state index contributed by atoms with van der Waals surface area (Å²) in [6.45, 7) is 5.10. The summed E-state index contributed by atoms with van der Waals surface area (Å²) in [5, 5.41) is 18.7. The van der Waals surface area contributed by atoms with E-state index in [1.54, 1.807) is 0 Å². The highest BCUT2D eigenvalue weighted by molar-refractivity contribution is 6.04. The van der Waals surface area contributed by atoms with Gasteiger partial charge in [0, 0.05) is 17.7 Å². The first-order valence-corrected chi connectivity index (χ1v) is 11.7. The Bertz CT molecular complexity index is 1010. The zero-order valence-corrected chi connectivity index (χ0v) is 19.0. The summed E-state index contributed by atoms with van der Waals surface area (Å²) < 4.78 is 5.32. The van der Waals surface area contributed by atoms with Crippen molar-refractivity contribution in [2.75, 3.05) is 31.6 Å². The lowest BCUT2D eigenvalue weighted by Crippen LogP contribution is -2.32. The lowest BCUT2D eigenvalue weighted by atomic mass is 9.72. The minimum atomic E-state index is -0.740. The number of ether oxygens (including phenoxy) is 1. The van der Waals surface area contributed by atoms with E-state index in [1.807, 2.05) is 53.7 Å². The molecule has 7 heteroatoms. The number of aryl methyl sites for hydroxylation is 1. The van der Waals surface area contributed by atoms with Gasteiger partial charge in [-0.1, -0.05) is 25.1 Å². The second kappa shape index (κ2) is 10.6. The molecular formula is C26H31N3O4. The van der Waals surface area contributed by atoms with Crippen LogP contribution in [0.2, 0.25) is 0 Å². The molecule has 0 aromatic heterocycles. The summed E-state index contributed by atoms with van der Waals surface area (Å²) in [4.78, 5) is 24.1. The first-order chi connectivity index (χ1) is 16.0. The van der Waals surface area contributed by atoms with Gasteiger partial charge in [0.2, 0.25) is 0 Å². The Morgan fingerprint density at radius 3 is 2.64 bits per heavy atom. The highest BCUT2D eigenvalue weighted by Gasteiger charge is 2.30. The fourth-order valence-electron chi connectivity index (χ4n) is 4.82. The lowest BCUT2D eigenvalue weighted by Gasteiger charge is -2.32. The predicted molar refractivity (Wildman–Crippen MR) is 128 cm³/mol. The van der Waals surface area contributed by atoms with E-state index in [4.69, 9.17) is 4.74 Å². The molecule has 7 nitrogen and oxygen atoms in total. The van der Waals surface area contributed by atoms with E-state index >= 15 is 0 Å². The van der Waals surface area contributed by atoms with Crippen LogP contribution in [-0.4, -0.2) is 54.5 Å². The Balaban J connectivity index is 1.39. The van der Waals surface area contributed by atoms with Crippen LogP contribution in [0.5, 0.6) is 0 Å². The number of morpholine rings is 1. The average Bonchev–Trinajstić information content (AvgIpc) is 2.83. The maximum absolute atomic E-state index is 12.8. The number of hydrogen-bond donors (Lipinski definition) is 2. The second-order valence-electron chi connectivity index (χ2n) is 8.71. The summed E-state index contributed by atoms with van der Waals surface area (Å²) in [5.41, 5.74) is 4.67. The van der Waals surface area contributed by atoms with Gasteiger partial charge in [-0.3, -0.25) is 14.6 Å². The summed E-state index contributed by atoms with van der Waals surface area (Å²) in [5.74, 6) is -0.497. The number of rotatable bonds is 7. The molecule has 1 aliphatic carbocycles. The third kappa shape index (κ3) is 5.79. The van der Waals surface area contributed by atoms with Gasteiger partial charge in [0.25, 0.3) is 5.91 Å². The number of nitrogens with one attached hydrogen (secondary N) is 1. The summed E-state index contributed by atoms with van der Waals surface area (Å²) in [7, 11) is 0. The predicted octanol–water partition coefficient (Wildman–Crippen LogP) is 4.14. The van der Waals surface area contributed by atoms with Crippen LogP contribution < -0.4 is 5.32 Å². The highest BCUT2D eigenvalue weighted by Crippen LogP contribution is 2.40. The van der Waals surface area contributed by atoms with Crippen LogP contribution in [-0.2, 0) is 16.0 Å². The fourth-order valence-corrected chi connectivity index (χ4v) is 4.82. The molecular weight excluding hydrogens is 418 g/mol. The van der Waals surface area contributed by atoms with Crippen LogP contribution in [0.15, 0.2) is 47.6 Å². The molecule has 0 bridgehead atoms. The quantitative estimate of drug-likeness (QED) is 0.620. The van der Waals surface area contributed by atoms with Crippen molar-refractivity contribution in [3.05, 3.63) is 64.7 Å². The van der Waals surface area contributed by atoms with E-state index in [-0.39, 0.29) is 24.2 Å². The van der Waals surface area contributed by atoms with Gasteiger partial charge in [0.05, 0.1) is 32.5 Å². The largest absolute Gasteiger partial charge is 0.481 e. The zero-order chi connectivity index (χ0) is 23.2. The molecule has 0 radical (unpaired) electrons. The van der Waals surface area contributed by atoms with Gasteiger partial charge in [-0.05, 0) is 72.1 Å². The molecule has 1 heterocycles. The molecule has 1 fully saturated rings. The number of carbonyl (C=O) groups is 2. The molecule has 1 amide bonds. The van der Waals surface area contributed by atoms with Crippen LogP contribution in [0.4, 0.5) is 5.69 Å². The minimum absolute atomic E-state index is 0.145. The van der Waals surface area contributed by atoms with Gasteiger partial charge in [-0.15, -0.1) is 0 Å². The Labute approximate surface area is 194 Å². The molecule has 2 aromatic carbocycles. The minimum Gasteiger partial charge on any atom is -0.481 e. The molecule has 2 atom stereocenters. The van der Waals surface area contributed by atoms with Gasteiger partial charge in [0.15, 0.2) is 0 Å². The number of nitrogens with zero attached hydrogens (tertiary/aromatic N) is 2. The number of carbonyl (C=O) groups excluding carboxylic acids is 1. The molecule has 2 N–H and O–H groups in total. The molecule has 0 spiro atoms.